The zero-order valence-corrected chi connectivity index (χ0v) is 12.9. The Kier molecular flexibility index (Phi) is 5.78. The summed E-state index contributed by atoms with van der Waals surface area (Å²) >= 11 is 0. The summed E-state index contributed by atoms with van der Waals surface area (Å²) in [5.41, 5.74) is 9.13. The van der Waals surface area contributed by atoms with Crippen LogP contribution in [0.15, 0.2) is 48.5 Å². The highest BCUT2D eigenvalue weighted by molar-refractivity contribution is 5.70. The summed E-state index contributed by atoms with van der Waals surface area (Å²) < 4.78 is 6.00. The predicted octanol–water partition coefficient (Wildman–Crippen LogP) is 3.14. The summed E-state index contributed by atoms with van der Waals surface area (Å²) in [6.07, 6.45) is 1.01. The van der Waals surface area contributed by atoms with Gasteiger partial charge in [0.15, 0.2) is 0 Å². The van der Waals surface area contributed by atoms with Crippen LogP contribution in [0.5, 0.6) is 5.75 Å². The first kappa shape index (κ1) is 15.5. The Morgan fingerprint density at radius 1 is 1.05 bits per heavy atom. The van der Waals surface area contributed by atoms with Gasteiger partial charge >= 0.3 is 0 Å². The zero-order valence-electron chi connectivity index (χ0n) is 12.9. The summed E-state index contributed by atoms with van der Waals surface area (Å²) in [4.78, 5) is 2.16. The molecule has 0 aliphatic carbocycles. The second kappa shape index (κ2) is 7.81. The lowest BCUT2D eigenvalue weighted by molar-refractivity contribution is 0.282. The smallest absolute Gasteiger partial charge is 0.127 e. The minimum atomic E-state index is 0.531. The number of nitrogens with zero attached hydrogens (tertiary/aromatic N) is 1. The van der Waals surface area contributed by atoms with E-state index in [0.29, 0.717) is 13.2 Å². The van der Waals surface area contributed by atoms with Gasteiger partial charge in [-0.05, 0) is 37.7 Å². The molecule has 0 fully saturated rings. The largest absolute Gasteiger partial charge is 0.493 e. The molecule has 2 rings (SSSR count). The average Bonchev–Trinajstić information content (AvgIpc) is 2.52. The van der Waals surface area contributed by atoms with Crippen molar-refractivity contribution in [3.63, 3.8) is 0 Å². The fraction of sp³-hybridized carbons (Fsp3) is 0.333. The topological polar surface area (TPSA) is 38.5 Å². The van der Waals surface area contributed by atoms with Crippen LogP contribution >= 0.6 is 0 Å². The van der Waals surface area contributed by atoms with Crippen molar-refractivity contribution in [1.29, 1.82) is 0 Å². The minimum Gasteiger partial charge on any atom is -0.493 e. The summed E-state index contributed by atoms with van der Waals surface area (Å²) in [6.45, 7) is 2.27. The maximum atomic E-state index is 6.00. The Bertz CT molecular complexity index is 552. The maximum Gasteiger partial charge on any atom is 0.127 e. The van der Waals surface area contributed by atoms with Gasteiger partial charge in [0, 0.05) is 18.7 Å². The summed E-state index contributed by atoms with van der Waals surface area (Å²) in [5, 5.41) is 0. The molecule has 0 amide bonds. The molecular formula is C18H24N2O. The van der Waals surface area contributed by atoms with Crippen LogP contribution in [0.2, 0.25) is 0 Å². The van der Waals surface area contributed by atoms with Crippen molar-refractivity contribution in [2.45, 2.75) is 13.0 Å². The van der Waals surface area contributed by atoms with Gasteiger partial charge in [-0.15, -0.1) is 0 Å². The number of nitrogens with two attached hydrogens (primary N) is 1. The van der Waals surface area contributed by atoms with Crippen LogP contribution in [-0.4, -0.2) is 32.1 Å². The van der Waals surface area contributed by atoms with Crippen LogP contribution in [0.4, 0.5) is 0 Å². The molecule has 2 N–H and O–H groups in total. The fourth-order valence-corrected chi connectivity index (χ4v) is 2.23. The Labute approximate surface area is 127 Å². The van der Waals surface area contributed by atoms with Crippen LogP contribution in [0.25, 0.3) is 11.1 Å². The standard InChI is InChI=1S/C18H24N2O/c1-20(2)11-6-12-21-18-13-15(14-19)9-10-17(18)16-7-4-3-5-8-16/h3-5,7-10,13H,6,11-12,14,19H2,1-2H3. The molecule has 0 aliphatic heterocycles. The van der Waals surface area contributed by atoms with Gasteiger partial charge in [-0.25, -0.2) is 0 Å². The molecule has 3 heteroatoms. The third kappa shape index (κ3) is 4.59. The highest BCUT2D eigenvalue weighted by Crippen LogP contribution is 2.31. The SMILES string of the molecule is CN(C)CCCOc1cc(CN)ccc1-c1ccccc1. The van der Waals surface area contributed by atoms with E-state index in [1.165, 1.54) is 5.56 Å². The number of ether oxygens (including phenoxy) is 1. The molecule has 21 heavy (non-hydrogen) atoms. The van der Waals surface area contributed by atoms with Gasteiger partial charge in [0.2, 0.25) is 0 Å². The van der Waals surface area contributed by atoms with Crippen molar-refractivity contribution < 1.29 is 4.74 Å². The van der Waals surface area contributed by atoms with E-state index >= 15 is 0 Å². The van der Waals surface area contributed by atoms with Gasteiger partial charge in [0.05, 0.1) is 6.61 Å². The first-order valence-corrected chi connectivity index (χ1v) is 7.36. The molecule has 2 aromatic rings. The number of benzene rings is 2. The molecule has 112 valence electrons. The van der Waals surface area contributed by atoms with Crippen LogP contribution in [0, 0.1) is 0 Å². The summed E-state index contributed by atoms with van der Waals surface area (Å²) in [6, 6.07) is 16.5. The summed E-state index contributed by atoms with van der Waals surface area (Å²) in [5.74, 6) is 0.919. The molecule has 0 bridgehead atoms. The molecule has 3 nitrogen and oxygen atoms in total. The van der Waals surface area contributed by atoms with Crippen molar-refractivity contribution in [2.24, 2.45) is 5.73 Å². The zero-order chi connectivity index (χ0) is 15.1. The highest BCUT2D eigenvalue weighted by Gasteiger charge is 2.07. The number of hydrogen-bond acceptors (Lipinski definition) is 3. The van der Waals surface area contributed by atoms with E-state index in [4.69, 9.17) is 10.5 Å². The minimum absolute atomic E-state index is 0.531. The van der Waals surface area contributed by atoms with E-state index < -0.39 is 0 Å². The van der Waals surface area contributed by atoms with Gasteiger partial charge < -0.3 is 15.4 Å². The third-order valence-corrected chi connectivity index (χ3v) is 3.37. The second-order valence-corrected chi connectivity index (χ2v) is 5.41. The predicted molar refractivity (Wildman–Crippen MR) is 88.4 cm³/mol. The first-order valence-electron chi connectivity index (χ1n) is 7.36. The lowest BCUT2D eigenvalue weighted by Gasteiger charge is -2.14. The average molecular weight is 284 g/mol. The van der Waals surface area contributed by atoms with Gasteiger partial charge in [-0.1, -0.05) is 42.5 Å². The molecule has 0 heterocycles. The molecule has 0 atom stereocenters. The molecule has 0 saturated heterocycles. The molecule has 0 aromatic heterocycles. The van der Waals surface area contributed by atoms with E-state index in [0.717, 1.165) is 29.8 Å². The Morgan fingerprint density at radius 2 is 1.81 bits per heavy atom. The van der Waals surface area contributed by atoms with Crippen molar-refractivity contribution in [3.05, 3.63) is 54.1 Å². The van der Waals surface area contributed by atoms with Crippen LogP contribution in [-0.2, 0) is 6.54 Å². The van der Waals surface area contributed by atoms with Gasteiger partial charge in [0.1, 0.15) is 5.75 Å². The normalized spacial score (nSPS) is 10.9. The van der Waals surface area contributed by atoms with Gasteiger partial charge in [-0.2, -0.15) is 0 Å². The molecule has 0 radical (unpaired) electrons. The van der Waals surface area contributed by atoms with Crippen molar-refractivity contribution >= 4 is 0 Å². The number of rotatable bonds is 7. The highest BCUT2D eigenvalue weighted by atomic mass is 16.5. The van der Waals surface area contributed by atoms with Crippen molar-refractivity contribution in [2.75, 3.05) is 27.2 Å². The van der Waals surface area contributed by atoms with Crippen LogP contribution < -0.4 is 10.5 Å². The molecule has 0 saturated carbocycles. The molecule has 0 unspecified atom stereocenters. The van der Waals surface area contributed by atoms with E-state index in [9.17, 15) is 0 Å². The molecular weight excluding hydrogens is 260 g/mol. The van der Waals surface area contributed by atoms with E-state index in [-0.39, 0.29) is 0 Å². The van der Waals surface area contributed by atoms with Crippen molar-refractivity contribution in [1.82, 2.24) is 4.90 Å². The van der Waals surface area contributed by atoms with Gasteiger partial charge in [0.25, 0.3) is 0 Å². The Balaban J connectivity index is 2.16. The quantitative estimate of drug-likeness (QED) is 0.794. The molecule has 2 aromatic carbocycles. The Hall–Kier alpha value is -1.84. The lowest BCUT2D eigenvalue weighted by Crippen LogP contribution is -2.15. The van der Waals surface area contributed by atoms with Crippen LogP contribution in [0.3, 0.4) is 0 Å². The van der Waals surface area contributed by atoms with Gasteiger partial charge in [-0.3, -0.25) is 0 Å². The third-order valence-electron chi connectivity index (χ3n) is 3.37. The molecule has 0 aliphatic rings. The van der Waals surface area contributed by atoms with E-state index in [2.05, 4.69) is 49.3 Å². The maximum absolute atomic E-state index is 6.00. The van der Waals surface area contributed by atoms with Crippen LogP contribution in [0.1, 0.15) is 12.0 Å². The van der Waals surface area contributed by atoms with E-state index in [1.54, 1.807) is 0 Å². The lowest BCUT2D eigenvalue weighted by atomic mass is 10.0. The first-order chi connectivity index (χ1) is 10.2. The Morgan fingerprint density at radius 3 is 2.48 bits per heavy atom. The molecule has 0 spiro atoms. The fourth-order valence-electron chi connectivity index (χ4n) is 2.23. The second-order valence-electron chi connectivity index (χ2n) is 5.41. The summed E-state index contributed by atoms with van der Waals surface area (Å²) in [7, 11) is 4.15. The van der Waals surface area contributed by atoms with Crippen molar-refractivity contribution in [3.8, 4) is 16.9 Å². The monoisotopic (exact) mass is 284 g/mol. The van der Waals surface area contributed by atoms with E-state index in [1.807, 2.05) is 18.2 Å². The number of hydrogen-bond donors (Lipinski definition) is 1.